The molecule has 2 heterocycles. The average molecular weight is 503 g/mol. The van der Waals surface area contributed by atoms with Crippen LogP contribution >= 0.6 is 11.6 Å². The molecule has 1 fully saturated rings. The number of nitrogens with one attached hydrogen (secondary N) is 1. The average Bonchev–Trinajstić information content (AvgIpc) is 2.80. The van der Waals surface area contributed by atoms with E-state index in [1.807, 2.05) is 0 Å². The molecule has 0 radical (unpaired) electrons. The van der Waals surface area contributed by atoms with Gasteiger partial charge in [0.15, 0.2) is 28.4 Å². The van der Waals surface area contributed by atoms with Crippen LogP contribution in [-0.2, 0) is 18.9 Å². The van der Waals surface area contributed by atoms with E-state index in [1.54, 1.807) is 7.11 Å². The number of amides is 1. The van der Waals surface area contributed by atoms with E-state index in [2.05, 4.69) is 25.2 Å². The Hall–Kier alpha value is -2.29. The summed E-state index contributed by atoms with van der Waals surface area (Å²) in [6.07, 6.45) is 1.64. The molecule has 2 rings (SSSR count). The Labute approximate surface area is 204 Å². The number of halogens is 1. The maximum Gasteiger partial charge on any atom is 0.280 e. The first-order valence-corrected chi connectivity index (χ1v) is 11.5. The third kappa shape index (κ3) is 10.3. The van der Waals surface area contributed by atoms with E-state index in [1.165, 1.54) is 0 Å². The fourth-order valence-electron chi connectivity index (χ4n) is 3.16. The zero-order chi connectivity index (χ0) is 24.8. The van der Waals surface area contributed by atoms with Crippen molar-refractivity contribution in [2.45, 2.75) is 18.9 Å². The Bertz CT molecular complexity index is 792. The van der Waals surface area contributed by atoms with Gasteiger partial charge in [-0.15, -0.1) is 0 Å². The molecule has 0 spiro atoms. The van der Waals surface area contributed by atoms with Crippen LogP contribution in [-0.4, -0.2) is 106 Å². The van der Waals surface area contributed by atoms with Crippen molar-refractivity contribution in [1.82, 2.24) is 20.2 Å². The molecule has 14 heteroatoms. The number of nitrogen functional groups attached to an aromatic ring is 2. The number of likely N-dealkylation sites (tertiary alicyclic amines) is 1. The first-order chi connectivity index (χ1) is 16.4. The highest BCUT2D eigenvalue weighted by Crippen LogP contribution is 2.17. The molecule has 1 aromatic heterocycles. The number of anilines is 2. The lowest BCUT2D eigenvalue weighted by molar-refractivity contribution is 0.000382. The molecule has 0 atom stereocenters. The normalized spacial score (nSPS) is 15.5. The largest absolute Gasteiger partial charge is 0.382 e. The minimum atomic E-state index is -0.648. The van der Waals surface area contributed by atoms with E-state index in [4.69, 9.17) is 47.7 Å². The topological polar surface area (TPSA) is 185 Å². The van der Waals surface area contributed by atoms with E-state index in [9.17, 15) is 4.79 Å². The summed E-state index contributed by atoms with van der Waals surface area (Å²) in [7, 11) is 1.64. The molecule has 34 heavy (non-hydrogen) atoms. The number of methoxy groups -OCH3 is 1. The Kier molecular flexibility index (Phi) is 12.8. The fourth-order valence-corrected chi connectivity index (χ4v) is 3.29. The van der Waals surface area contributed by atoms with Crippen LogP contribution < -0.4 is 22.5 Å². The summed E-state index contributed by atoms with van der Waals surface area (Å²) in [4.78, 5) is 26.6. The van der Waals surface area contributed by atoms with Gasteiger partial charge >= 0.3 is 0 Å². The minimum absolute atomic E-state index is 0.00923. The first-order valence-electron chi connectivity index (χ1n) is 11.1. The first kappa shape index (κ1) is 28.0. The van der Waals surface area contributed by atoms with Crippen LogP contribution in [0, 0.1) is 0 Å². The SMILES string of the molecule is COCCOCCOCCOCCN1CCC(N=C(N)NC(=O)c2nc(Cl)c(N)nc2N)CC1. The van der Waals surface area contributed by atoms with Crippen molar-refractivity contribution in [3.63, 3.8) is 0 Å². The smallest absolute Gasteiger partial charge is 0.280 e. The van der Waals surface area contributed by atoms with Crippen LogP contribution in [0.3, 0.4) is 0 Å². The maximum absolute atomic E-state index is 12.3. The number of ether oxygens (including phenoxy) is 4. The molecule has 0 unspecified atom stereocenters. The Morgan fingerprint density at radius 1 is 1.03 bits per heavy atom. The number of nitrogens with zero attached hydrogens (tertiary/aromatic N) is 4. The summed E-state index contributed by atoms with van der Waals surface area (Å²) < 4.78 is 21.3. The number of guanidine groups is 1. The zero-order valence-corrected chi connectivity index (χ0v) is 20.3. The number of carbonyl (C=O) groups is 1. The van der Waals surface area contributed by atoms with E-state index in [0.29, 0.717) is 46.2 Å². The molecule has 0 bridgehead atoms. The van der Waals surface area contributed by atoms with Crippen molar-refractivity contribution in [3.05, 3.63) is 10.8 Å². The second-order valence-electron chi connectivity index (χ2n) is 7.50. The number of hydrogen-bond acceptors (Lipinski definition) is 11. The van der Waals surface area contributed by atoms with E-state index < -0.39 is 5.91 Å². The fraction of sp³-hybridized carbons (Fsp3) is 0.700. The molecule has 13 nitrogen and oxygen atoms in total. The highest BCUT2D eigenvalue weighted by atomic mass is 35.5. The summed E-state index contributed by atoms with van der Waals surface area (Å²) in [5.41, 5.74) is 16.9. The minimum Gasteiger partial charge on any atom is -0.382 e. The molecule has 192 valence electrons. The van der Waals surface area contributed by atoms with Crippen molar-refractivity contribution in [1.29, 1.82) is 0 Å². The van der Waals surface area contributed by atoms with Crippen LogP contribution in [0.2, 0.25) is 5.15 Å². The predicted octanol–water partition coefficient (Wildman–Crippen LogP) is -0.500. The highest BCUT2D eigenvalue weighted by Gasteiger charge is 2.20. The Morgan fingerprint density at radius 3 is 2.24 bits per heavy atom. The molecule has 1 amide bonds. The van der Waals surface area contributed by atoms with Crippen LogP contribution in [0.25, 0.3) is 0 Å². The van der Waals surface area contributed by atoms with Gasteiger partial charge in [0.25, 0.3) is 5.91 Å². The van der Waals surface area contributed by atoms with Crippen molar-refractivity contribution < 1.29 is 23.7 Å². The van der Waals surface area contributed by atoms with Crippen LogP contribution in [0.5, 0.6) is 0 Å². The predicted molar refractivity (Wildman–Crippen MR) is 129 cm³/mol. The summed E-state index contributed by atoms with van der Waals surface area (Å²) >= 11 is 5.81. The molecule has 1 saturated heterocycles. The van der Waals surface area contributed by atoms with Gasteiger partial charge < -0.3 is 41.0 Å². The van der Waals surface area contributed by atoms with Gasteiger partial charge in [0.2, 0.25) is 0 Å². The monoisotopic (exact) mass is 502 g/mol. The molecule has 0 aliphatic carbocycles. The standard InChI is InChI=1S/C20H35ClN8O5/c1-31-8-9-33-12-13-34-11-10-32-7-6-29-4-2-14(3-5-29)25-20(24)28-19(30)15-17(22)27-18(23)16(21)26-15/h14H,2-13H2,1H3,(H4,22,23,27)(H3,24,25,28,30). The number of rotatable bonds is 14. The summed E-state index contributed by atoms with van der Waals surface area (Å²) in [6.45, 7) is 6.51. The summed E-state index contributed by atoms with van der Waals surface area (Å²) in [5, 5.41) is 2.36. The van der Waals surface area contributed by atoms with Crippen molar-refractivity contribution >= 4 is 35.1 Å². The van der Waals surface area contributed by atoms with Gasteiger partial charge in [0.05, 0.1) is 52.3 Å². The number of carbonyl (C=O) groups excluding carboxylic acids is 1. The maximum atomic E-state index is 12.3. The number of nitrogens with two attached hydrogens (primary N) is 3. The van der Waals surface area contributed by atoms with E-state index >= 15 is 0 Å². The second-order valence-corrected chi connectivity index (χ2v) is 7.86. The van der Waals surface area contributed by atoms with E-state index in [0.717, 1.165) is 32.5 Å². The molecule has 0 saturated carbocycles. The summed E-state index contributed by atoms with van der Waals surface area (Å²) in [6, 6.07) is 0.00964. The lowest BCUT2D eigenvalue weighted by Crippen LogP contribution is -2.41. The molecule has 0 aromatic carbocycles. The quantitative estimate of drug-likeness (QED) is 0.146. The molecular formula is C20H35ClN8O5. The Balaban J connectivity index is 1.57. The lowest BCUT2D eigenvalue weighted by atomic mass is 10.1. The van der Waals surface area contributed by atoms with Gasteiger partial charge in [-0.05, 0) is 12.8 Å². The lowest BCUT2D eigenvalue weighted by Gasteiger charge is -2.30. The van der Waals surface area contributed by atoms with Crippen LogP contribution in [0.1, 0.15) is 23.3 Å². The van der Waals surface area contributed by atoms with Crippen LogP contribution in [0.4, 0.5) is 11.6 Å². The molecule has 1 aliphatic heterocycles. The zero-order valence-electron chi connectivity index (χ0n) is 19.5. The molecular weight excluding hydrogens is 468 g/mol. The third-order valence-electron chi connectivity index (χ3n) is 4.97. The molecule has 7 N–H and O–H groups in total. The van der Waals surface area contributed by atoms with Gasteiger partial charge in [0, 0.05) is 26.7 Å². The van der Waals surface area contributed by atoms with Crippen molar-refractivity contribution in [3.8, 4) is 0 Å². The summed E-state index contributed by atoms with van der Waals surface area (Å²) in [5.74, 6) is -0.848. The van der Waals surface area contributed by atoms with Gasteiger partial charge in [-0.25, -0.2) is 15.0 Å². The van der Waals surface area contributed by atoms with Gasteiger partial charge in [-0.2, -0.15) is 0 Å². The third-order valence-corrected chi connectivity index (χ3v) is 5.25. The number of piperidine rings is 1. The number of hydrogen-bond donors (Lipinski definition) is 4. The van der Waals surface area contributed by atoms with Gasteiger partial charge in [0.1, 0.15) is 0 Å². The second kappa shape index (κ2) is 15.6. The molecule has 1 aliphatic rings. The van der Waals surface area contributed by atoms with Gasteiger partial charge in [-0.1, -0.05) is 11.6 Å². The number of aliphatic imine (C=N–C) groups is 1. The van der Waals surface area contributed by atoms with Gasteiger partial charge in [-0.3, -0.25) is 10.1 Å². The van der Waals surface area contributed by atoms with Crippen LogP contribution in [0.15, 0.2) is 4.99 Å². The number of aromatic nitrogens is 2. The molecule has 1 aromatic rings. The van der Waals surface area contributed by atoms with Crippen molar-refractivity contribution in [2.75, 3.05) is 84.5 Å². The highest BCUT2D eigenvalue weighted by molar-refractivity contribution is 6.31. The van der Waals surface area contributed by atoms with Crippen molar-refractivity contribution in [2.24, 2.45) is 10.7 Å². The Morgan fingerprint density at radius 2 is 1.62 bits per heavy atom. The van der Waals surface area contributed by atoms with E-state index in [-0.39, 0.29) is 34.5 Å².